The summed E-state index contributed by atoms with van der Waals surface area (Å²) in [5.41, 5.74) is -0.514. The Morgan fingerprint density at radius 1 is 1.29 bits per heavy atom. The molecular weight excluding hydrogens is 318 g/mol. The normalized spacial score (nSPS) is 26.0. The van der Waals surface area contributed by atoms with Gasteiger partial charge in [0.25, 0.3) is 11.8 Å². The minimum Gasteiger partial charge on any atom is -0.453 e. The molecule has 1 saturated heterocycles. The van der Waals surface area contributed by atoms with Crippen LogP contribution in [0.3, 0.4) is 0 Å². The lowest BCUT2D eigenvalue weighted by molar-refractivity contribution is -0.171. The zero-order valence-electron chi connectivity index (χ0n) is 13.9. The van der Waals surface area contributed by atoms with Crippen molar-refractivity contribution in [2.75, 3.05) is 6.61 Å². The van der Waals surface area contributed by atoms with Crippen molar-refractivity contribution in [1.29, 1.82) is 0 Å². The van der Waals surface area contributed by atoms with Gasteiger partial charge in [-0.2, -0.15) is 5.01 Å². The van der Waals surface area contributed by atoms with Crippen LogP contribution in [0.1, 0.15) is 52.4 Å². The van der Waals surface area contributed by atoms with Gasteiger partial charge in [0.1, 0.15) is 5.54 Å². The average molecular weight is 341 g/mol. The van der Waals surface area contributed by atoms with E-state index in [0.29, 0.717) is 24.3 Å². The third-order valence-corrected chi connectivity index (χ3v) is 4.60. The molecule has 4 amide bonds. The number of aliphatic hydroxyl groups is 1. The first-order valence-corrected chi connectivity index (χ1v) is 8.08. The number of urea groups is 1. The Labute approximate surface area is 139 Å². The number of nitrogens with zero attached hydrogens (tertiary/aromatic N) is 1. The van der Waals surface area contributed by atoms with Crippen LogP contribution in [0.15, 0.2) is 0 Å². The summed E-state index contributed by atoms with van der Waals surface area (Å²) >= 11 is 0. The summed E-state index contributed by atoms with van der Waals surface area (Å²) in [7, 11) is 0. The number of imide groups is 1. The number of esters is 1. The minimum absolute atomic E-state index is 0.301. The number of hydrogen-bond acceptors (Lipinski definition) is 6. The molecule has 1 saturated carbocycles. The van der Waals surface area contributed by atoms with Crippen molar-refractivity contribution in [1.82, 2.24) is 15.8 Å². The van der Waals surface area contributed by atoms with Gasteiger partial charge in [-0.3, -0.25) is 15.0 Å². The first-order valence-electron chi connectivity index (χ1n) is 8.08. The van der Waals surface area contributed by atoms with Gasteiger partial charge in [0.2, 0.25) is 0 Å². The Balaban J connectivity index is 1.86. The van der Waals surface area contributed by atoms with Crippen LogP contribution in [0, 0.1) is 0 Å². The average Bonchev–Trinajstić information content (AvgIpc) is 2.77. The summed E-state index contributed by atoms with van der Waals surface area (Å²) in [6.07, 6.45) is 3.35. The molecule has 2 rings (SSSR count). The predicted octanol–water partition coefficient (Wildman–Crippen LogP) is -0.0235. The van der Waals surface area contributed by atoms with Gasteiger partial charge >= 0.3 is 12.0 Å². The minimum atomic E-state index is -1.56. The van der Waals surface area contributed by atoms with E-state index in [-0.39, 0.29) is 0 Å². The predicted molar refractivity (Wildman–Crippen MR) is 81.2 cm³/mol. The van der Waals surface area contributed by atoms with E-state index in [4.69, 9.17) is 4.74 Å². The van der Waals surface area contributed by atoms with E-state index in [2.05, 4.69) is 10.7 Å². The topological polar surface area (TPSA) is 125 Å². The van der Waals surface area contributed by atoms with Crippen molar-refractivity contribution in [3.05, 3.63) is 0 Å². The van der Waals surface area contributed by atoms with E-state index >= 15 is 0 Å². The molecule has 1 atom stereocenters. The molecule has 3 N–H and O–H groups in total. The number of carbonyl (C=O) groups is 4. The summed E-state index contributed by atoms with van der Waals surface area (Å²) in [6, 6.07) is -0.741. The van der Waals surface area contributed by atoms with E-state index < -0.39 is 41.6 Å². The highest BCUT2D eigenvalue weighted by Crippen LogP contribution is 2.29. The second kappa shape index (κ2) is 6.76. The lowest BCUT2D eigenvalue weighted by Crippen LogP contribution is -2.50. The highest BCUT2D eigenvalue weighted by atomic mass is 16.6. The van der Waals surface area contributed by atoms with Crippen LogP contribution in [0.2, 0.25) is 0 Å². The number of carbonyl (C=O) groups excluding carboxylic acids is 4. The van der Waals surface area contributed by atoms with Gasteiger partial charge in [-0.1, -0.05) is 13.3 Å². The summed E-state index contributed by atoms with van der Waals surface area (Å²) in [5, 5.41) is 13.2. The van der Waals surface area contributed by atoms with E-state index in [0.717, 1.165) is 19.3 Å². The summed E-state index contributed by atoms with van der Waals surface area (Å²) in [4.78, 5) is 47.6. The molecule has 0 aromatic rings. The summed E-state index contributed by atoms with van der Waals surface area (Å²) in [6.45, 7) is 2.61. The van der Waals surface area contributed by atoms with Gasteiger partial charge < -0.3 is 15.2 Å². The fraction of sp³-hybridized carbons (Fsp3) is 0.733. The standard InChI is InChI=1S/C15H23N3O6/c1-3-14(2)11(20)18(13(22)16-14)17-10(19)9-24-12(21)15(23)7-5-4-6-8-15/h23H,3-9H2,1-2H3,(H,16,22)(H,17,19). The number of hydrazine groups is 1. The number of nitrogens with one attached hydrogen (secondary N) is 2. The number of ether oxygens (including phenoxy) is 1. The van der Waals surface area contributed by atoms with Crippen LogP contribution in [-0.2, 0) is 19.1 Å². The molecule has 0 aromatic heterocycles. The fourth-order valence-electron chi connectivity index (χ4n) is 2.79. The lowest BCUT2D eigenvalue weighted by atomic mass is 9.85. The molecule has 1 heterocycles. The molecule has 134 valence electrons. The molecule has 24 heavy (non-hydrogen) atoms. The van der Waals surface area contributed by atoms with Crippen molar-refractivity contribution >= 4 is 23.8 Å². The van der Waals surface area contributed by atoms with Gasteiger partial charge in [0.15, 0.2) is 12.2 Å². The van der Waals surface area contributed by atoms with Crippen molar-refractivity contribution < 1.29 is 29.0 Å². The van der Waals surface area contributed by atoms with E-state index in [9.17, 15) is 24.3 Å². The maximum absolute atomic E-state index is 12.1. The Hall–Kier alpha value is -2.16. The van der Waals surface area contributed by atoms with E-state index in [1.807, 2.05) is 0 Å². The Morgan fingerprint density at radius 3 is 2.46 bits per heavy atom. The van der Waals surface area contributed by atoms with Crippen molar-refractivity contribution in [2.24, 2.45) is 0 Å². The molecular formula is C15H23N3O6. The second-order valence-corrected chi connectivity index (χ2v) is 6.46. The maximum atomic E-state index is 12.1. The quantitative estimate of drug-likeness (QED) is 0.476. The fourth-order valence-corrected chi connectivity index (χ4v) is 2.79. The third kappa shape index (κ3) is 3.50. The number of rotatable bonds is 5. The molecule has 1 aliphatic heterocycles. The smallest absolute Gasteiger partial charge is 0.344 e. The number of amides is 4. The molecule has 1 aliphatic carbocycles. The van der Waals surface area contributed by atoms with Crippen LogP contribution in [0.25, 0.3) is 0 Å². The van der Waals surface area contributed by atoms with Gasteiger partial charge in [-0.25, -0.2) is 9.59 Å². The van der Waals surface area contributed by atoms with Gasteiger partial charge in [-0.05, 0) is 39.0 Å². The SMILES string of the molecule is CCC1(C)NC(=O)N(NC(=O)COC(=O)C2(O)CCCCC2)C1=O. The molecule has 2 aliphatic rings. The van der Waals surface area contributed by atoms with Crippen molar-refractivity contribution in [3.8, 4) is 0 Å². The zero-order chi connectivity index (χ0) is 18.0. The first-order chi connectivity index (χ1) is 11.2. The summed E-state index contributed by atoms with van der Waals surface area (Å²) in [5.74, 6) is -2.26. The molecule has 9 nitrogen and oxygen atoms in total. The van der Waals surface area contributed by atoms with Crippen molar-refractivity contribution in [2.45, 2.75) is 63.5 Å². The lowest BCUT2D eigenvalue weighted by Gasteiger charge is -2.29. The van der Waals surface area contributed by atoms with Crippen LogP contribution in [0.4, 0.5) is 4.79 Å². The van der Waals surface area contributed by atoms with E-state index in [1.165, 1.54) is 0 Å². The maximum Gasteiger partial charge on any atom is 0.344 e. The second-order valence-electron chi connectivity index (χ2n) is 6.46. The molecule has 2 fully saturated rings. The highest BCUT2D eigenvalue weighted by molar-refractivity contribution is 6.07. The van der Waals surface area contributed by atoms with E-state index in [1.54, 1.807) is 13.8 Å². The zero-order valence-corrected chi connectivity index (χ0v) is 13.9. The van der Waals surface area contributed by atoms with Crippen molar-refractivity contribution in [3.63, 3.8) is 0 Å². The number of hydrogen-bond donors (Lipinski definition) is 3. The monoisotopic (exact) mass is 341 g/mol. The highest BCUT2D eigenvalue weighted by Gasteiger charge is 2.47. The Bertz CT molecular complexity index is 557. The van der Waals surface area contributed by atoms with Crippen LogP contribution < -0.4 is 10.7 Å². The molecule has 9 heteroatoms. The van der Waals surface area contributed by atoms with Crippen LogP contribution >= 0.6 is 0 Å². The van der Waals surface area contributed by atoms with Gasteiger partial charge in [0.05, 0.1) is 0 Å². The molecule has 1 unspecified atom stereocenters. The summed E-state index contributed by atoms with van der Waals surface area (Å²) < 4.78 is 4.83. The van der Waals surface area contributed by atoms with Crippen LogP contribution in [0.5, 0.6) is 0 Å². The Kier molecular flexibility index (Phi) is 5.12. The largest absolute Gasteiger partial charge is 0.453 e. The van der Waals surface area contributed by atoms with Crippen LogP contribution in [-0.4, -0.2) is 51.7 Å². The molecule has 0 radical (unpaired) electrons. The third-order valence-electron chi connectivity index (χ3n) is 4.60. The van der Waals surface area contributed by atoms with Gasteiger partial charge in [0, 0.05) is 0 Å². The Morgan fingerprint density at radius 2 is 1.92 bits per heavy atom. The van der Waals surface area contributed by atoms with Gasteiger partial charge in [-0.15, -0.1) is 0 Å². The molecule has 0 bridgehead atoms. The first kappa shape index (κ1) is 18.2. The molecule has 0 spiro atoms. The molecule has 0 aromatic carbocycles.